The van der Waals surface area contributed by atoms with Crippen LogP contribution in [0.25, 0.3) is 0 Å². The molecule has 1 aliphatic heterocycles. The fraction of sp³-hybridized carbons (Fsp3) is 0.846. The van der Waals surface area contributed by atoms with E-state index in [1.54, 1.807) is 11.9 Å². The molecule has 1 heterocycles. The molecule has 2 amide bonds. The second-order valence-electron chi connectivity index (χ2n) is 5.29. The van der Waals surface area contributed by atoms with Gasteiger partial charge in [0.15, 0.2) is 0 Å². The normalized spacial score (nSPS) is 19.5. The largest absolute Gasteiger partial charge is 0.342 e. The summed E-state index contributed by atoms with van der Waals surface area (Å²) in [4.78, 5) is 27.4. The van der Waals surface area contributed by atoms with Crippen molar-refractivity contribution >= 4 is 21.8 Å². The molecule has 7 nitrogen and oxygen atoms in total. The van der Waals surface area contributed by atoms with Crippen molar-refractivity contribution in [1.29, 1.82) is 0 Å². The molecule has 1 aliphatic rings. The Hall–Kier alpha value is -1.15. The van der Waals surface area contributed by atoms with Gasteiger partial charge in [-0.25, -0.2) is 8.42 Å². The molecule has 1 fully saturated rings. The van der Waals surface area contributed by atoms with Gasteiger partial charge in [0.2, 0.25) is 21.8 Å². The van der Waals surface area contributed by atoms with E-state index in [9.17, 15) is 18.0 Å². The van der Waals surface area contributed by atoms with Gasteiger partial charge in [-0.2, -0.15) is 4.31 Å². The summed E-state index contributed by atoms with van der Waals surface area (Å²) in [5, 5.41) is 0. The first-order chi connectivity index (χ1) is 9.72. The van der Waals surface area contributed by atoms with Crippen LogP contribution in [0.3, 0.4) is 0 Å². The van der Waals surface area contributed by atoms with Crippen LogP contribution in [-0.2, 0) is 19.6 Å². The van der Waals surface area contributed by atoms with Gasteiger partial charge in [0, 0.05) is 26.7 Å². The standard InChI is InChI=1S/C13H25N3O4S/c1-5-15(6-2)12(17)10-14(3)13(18)11-8-7-9-16(11)21(4,19)20/h11H,5-10H2,1-4H3. The van der Waals surface area contributed by atoms with Crippen LogP contribution in [0.1, 0.15) is 26.7 Å². The van der Waals surface area contributed by atoms with E-state index in [4.69, 9.17) is 0 Å². The Labute approximate surface area is 126 Å². The minimum atomic E-state index is -3.39. The SMILES string of the molecule is CCN(CC)C(=O)CN(C)C(=O)C1CCCN1S(C)(=O)=O. The van der Waals surface area contributed by atoms with Gasteiger partial charge in [0.05, 0.1) is 12.8 Å². The van der Waals surface area contributed by atoms with Gasteiger partial charge in [-0.1, -0.05) is 0 Å². The predicted molar refractivity (Wildman–Crippen MR) is 80.1 cm³/mol. The fourth-order valence-corrected chi connectivity index (χ4v) is 3.71. The number of likely N-dealkylation sites (N-methyl/N-ethyl adjacent to an activating group) is 2. The second-order valence-corrected chi connectivity index (χ2v) is 7.23. The number of sulfonamides is 1. The third-order valence-corrected chi connectivity index (χ3v) is 5.07. The third kappa shape index (κ3) is 4.41. The van der Waals surface area contributed by atoms with E-state index >= 15 is 0 Å². The van der Waals surface area contributed by atoms with Crippen molar-refractivity contribution in [2.45, 2.75) is 32.7 Å². The summed E-state index contributed by atoms with van der Waals surface area (Å²) >= 11 is 0. The third-order valence-electron chi connectivity index (χ3n) is 3.78. The summed E-state index contributed by atoms with van der Waals surface area (Å²) < 4.78 is 24.6. The second kappa shape index (κ2) is 7.22. The average molecular weight is 319 g/mol. The predicted octanol–water partition coefficient (Wildman–Crippen LogP) is -0.263. The van der Waals surface area contributed by atoms with Gasteiger partial charge in [-0.3, -0.25) is 9.59 Å². The Morgan fingerprint density at radius 2 is 1.81 bits per heavy atom. The number of nitrogens with zero attached hydrogens (tertiary/aromatic N) is 3. The number of rotatable bonds is 6. The smallest absolute Gasteiger partial charge is 0.242 e. The lowest BCUT2D eigenvalue weighted by molar-refractivity contribution is -0.141. The van der Waals surface area contributed by atoms with Crippen LogP contribution in [0.5, 0.6) is 0 Å². The van der Waals surface area contributed by atoms with Crippen LogP contribution in [0.4, 0.5) is 0 Å². The Kier molecular flexibility index (Phi) is 6.15. The Balaban J connectivity index is 2.72. The van der Waals surface area contributed by atoms with Crippen molar-refractivity contribution in [3.63, 3.8) is 0 Å². The van der Waals surface area contributed by atoms with Crippen molar-refractivity contribution < 1.29 is 18.0 Å². The number of carbonyl (C=O) groups is 2. The van der Waals surface area contributed by atoms with E-state index < -0.39 is 16.1 Å². The number of carbonyl (C=O) groups excluding carboxylic acids is 2. The zero-order valence-electron chi connectivity index (χ0n) is 13.2. The van der Waals surface area contributed by atoms with E-state index in [2.05, 4.69) is 0 Å². The fourth-order valence-electron chi connectivity index (χ4n) is 2.60. The lowest BCUT2D eigenvalue weighted by atomic mass is 10.2. The van der Waals surface area contributed by atoms with Gasteiger partial charge >= 0.3 is 0 Å². The highest BCUT2D eigenvalue weighted by Crippen LogP contribution is 2.21. The molecule has 0 saturated carbocycles. The van der Waals surface area contributed by atoms with Crippen LogP contribution in [0.15, 0.2) is 0 Å². The molecule has 0 aliphatic carbocycles. The van der Waals surface area contributed by atoms with E-state index in [0.717, 1.165) is 6.26 Å². The van der Waals surface area contributed by atoms with E-state index in [1.165, 1.54) is 9.21 Å². The van der Waals surface area contributed by atoms with Gasteiger partial charge in [-0.15, -0.1) is 0 Å². The molecule has 0 bridgehead atoms. The highest BCUT2D eigenvalue weighted by Gasteiger charge is 2.38. The molecule has 1 unspecified atom stereocenters. The monoisotopic (exact) mass is 319 g/mol. The highest BCUT2D eigenvalue weighted by molar-refractivity contribution is 7.88. The molecule has 8 heteroatoms. The molecule has 1 rings (SSSR count). The first-order valence-electron chi connectivity index (χ1n) is 7.21. The molecular formula is C13H25N3O4S. The zero-order valence-corrected chi connectivity index (χ0v) is 14.0. The number of hydrogen-bond acceptors (Lipinski definition) is 4. The Bertz CT molecular complexity index is 488. The van der Waals surface area contributed by atoms with Crippen molar-refractivity contribution in [3.8, 4) is 0 Å². The van der Waals surface area contributed by atoms with Gasteiger partial charge in [0.1, 0.15) is 6.04 Å². The van der Waals surface area contributed by atoms with Crippen LogP contribution in [0, 0.1) is 0 Å². The molecule has 122 valence electrons. The summed E-state index contributed by atoms with van der Waals surface area (Å²) in [6.07, 6.45) is 2.29. The topological polar surface area (TPSA) is 78.0 Å². The molecule has 0 aromatic carbocycles. The number of hydrogen-bond donors (Lipinski definition) is 0. The maximum absolute atomic E-state index is 12.4. The quantitative estimate of drug-likeness (QED) is 0.675. The molecule has 1 saturated heterocycles. The van der Waals surface area contributed by atoms with Crippen molar-refractivity contribution in [1.82, 2.24) is 14.1 Å². The molecule has 0 spiro atoms. The Morgan fingerprint density at radius 3 is 2.29 bits per heavy atom. The highest BCUT2D eigenvalue weighted by atomic mass is 32.2. The minimum absolute atomic E-state index is 0.0192. The molecule has 0 aromatic heterocycles. The first-order valence-corrected chi connectivity index (χ1v) is 9.06. The Morgan fingerprint density at radius 1 is 1.24 bits per heavy atom. The van der Waals surface area contributed by atoms with Crippen molar-refractivity contribution in [2.75, 3.05) is 39.5 Å². The summed E-state index contributed by atoms with van der Waals surface area (Å²) in [6, 6.07) is -0.672. The van der Waals surface area contributed by atoms with Crippen molar-refractivity contribution in [2.24, 2.45) is 0 Å². The maximum atomic E-state index is 12.4. The van der Waals surface area contributed by atoms with Gasteiger partial charge in [-0.05, 0) is 26.7 Å². The van der Waals surface area contributed by atoms with Gasteiger partial charge < -0.3 is 9.80 Å². The molecule has 0 aromatic rings. The molecular weight excluding hydrogens is 294 g/mol. The lowest BCUT2D eigenvalue weighted by Crippen LogP contribution is -2.49. The van der Waals surface area contributed by atoms with Gasteiger partial charge in [0.25, 0.3) is 0 Å². The van der Waals surface area contributed by atoms with E-state index in [0.29, 0.717) is 32.5 Å². The molecule has 0 N–H and O–H groups in total. The van der Waals surface area contributed by atoms with Crippen molar-refractivity contribution in [3.05, 3.63) is 0 Å². The summed E-state index contributed by atoms with van der Waals surface area (Å²) in [6.45, 7) is 5.30. The lowest BCUT2D eigenvalue weighted by Gasteiger charge is -2.28. The van der Waals surface area contributed by atoms with E-state index in [1.807, 2.05) is 13.8 Å². The first kappa shape index (κ1) is 17.9. The van der Waals surface area contributed by atoms with Crippen LogP contribution >= 0.6 is 0 Å². The molecule has 1 atom stereocenters. The molecule has 0 radical (unpaired) electrons. The van der Waals surface area contributed by atoms with E-state index in [-0.39, 0.29) is 18.4 Å². The van der Waals surface area contributed by atoms with Crippen LogP contribution in [-0.4, -0.2) is 79.9 Å². The molecule has 21 heavy (non-hydrogen) atoms. The zero-order chi connectivity index (χ0) is 16.2. The minimum Gasteiger partial charge on any atom is -0.342 e. The summed E-state index contributed by atoms with van der Waals surface area (Å²) in [5.41, 5.74) is 0. The maximum Gasteiger partial charge on any atom is 0.242 e. The summed E-state index contributed by atoms with van der Waals surface area (Å²) in [7, 11) is -1.85. The summed E-state index contributed by atoms with van der Waals surface area (Å²) in [5.74, 6) is -0.432. The van der Waals surface area contributed by atoms with Crippen LogP contribution in [0.2, 0.25) is 0 Å². The van der Waals surface area contributed by atoms with Crippen LogP contribution < -0.4 is 0 Å². The number of amides is 2. The average Bonchev–Trinajstić information content (AvgIpc) is 2.88.